The number of Topliss-reactive ketones (excluding diaryl/α,β-unsaturated/α-hetero) is 1. The quantitative estimate of drug-likeness (QED) is 0.845. The SMILES string of the molecule is CC1(C(=O)c2ccc(C(=O)[O-])cc2)[C@@H]2CC[C@H]1C2.C[C@H]([NH3+])c1ccccc1. The minimum atomic E-state index is -1.20. The van der Waals surface area contributed by atoms with Gasteiger partial charge in [0.1, 0.15) is 6.04 Å². The maximum Gasteiger partial charge on any atom is 0.169 e. The van der Waals surface area contributed by atoms with Crippen LogP contribution >= 0.6 is 0 Å². The third kappa shape index (κ3) is 3.67. The molecule has 3 aliphatic rings. The zero-order valence-corrected chi connectivity index (χ0v) is 16.0. The molecule has 2 aromatic rings. The van der Waals surface area contributed by atoms with E-state index in [1.54, 1.807) is 12.1 Å². The molecule has 3 N–H and O–H groups in total. The molecule has 0 aromatic heterocycles. The van der Waals surface area contributed by atoms with Crippen molar-refractivity contribution in [3.05, 3.63) is 71.3 Å². The molecule has 0 amide bonds. The molecule has 2 bridgehead atoms. The average Bonchev–Trinajstić information content (AvgIpc) is 3.31. The zero-order chi connectivity index (χ0) is 19.6. The Bertz CT molecular complexity index is 797. The van der Waals surface area contributed by atoms with Crippen LogP contribution in [0.15, 0.2) is 54.6 Å². The summed E-state index contributed by atoms with van der Waals surface area (Å²) in [5.74, 6) is 0.0155. The summed E-state index contributed by atoms with van der Waals surface area (Å²) in [7, 11) is 0. The highest BCUT2D eigenvalue weighted by Gasteiger charge is 2.60. The van der Waals surface area contributed by atoms with Crippen molar-refractivity contribution in [1.82, 2.24) is 0 Å². The summed E-state index contributed by atoms with van der Waals surface area (Å²) in [5, 5.41) is 10.7. The first-order valence-electron chi connectivity index (χ1n) is 9.58. The summed E-state index contributed by atoms with van der Waals surface area (Å²) in [4.78, 5) is 23.2. The van der Waals surface area contributed by atoms with Crippen LogP contribution in [0.1, 0.15) is 65.4 Å². The number of carbonyl (C=O) groups is 2. The van der Waals surface area contributed by atoms with Crippen LogP contribution in [0, 0.1) is 17.3 Å². The number of benzene rings is 2. The first kappa shape index (κ1) is 19.3. The Kier molecular flexibility index (Phi) is 5.47. The Morgan fingerprint density at radius 1 is 1.00 bits per heavy atom. The van der Waals surface area contributed by atoms with Gasteiger partial charge in [-0.2, -0.15) is 0 Å². The lowest BCUT2D eigenvalue weighted by Crippen LogP contribution is -2.51. The van der Waals surface area contributed by atoms with Gasteiger partial charge in [-0.05, 0) is 43.6 Å². The molecule has 4 nitrogen and oxygen atoms in total. The molecular formula is C23H27NO3. The van der Waals surface area contributed by atoms with Crippen LogP contribution in [0.3, 0.4) is 0 Å². The van der Waals surface area contributed by atoms with Crippen molar-refractivity contribution in [3.63, 3.8) is 0 Å². The fourth-order valence-corrected chi connectivity index (χ4v) is 4.46. The van der Waals surface area contributed by atoms with Gasteiger partial charge in [0.25, 0.3) is 0 Å². The fourth-order valence-electron chi connectivity index (χ4n) is 4.46. The van der Waals surface area contributed by atoms with E-state index in [2.05, 4.69) is 31.7 Å². The van der Waals surface area contributed by atoms with E-state index in [-0.39, 0.29) is 16.8 Å². The number of hydrogen-bond donors (Lipinski definition) is 1. The third-order valence-corrected chi connectivity index (χ3v) is 6.37. The van der Waals surface area contributed by atoms with Crippen molar-refractivity contribution < 1.29 is 20.4 Å². The summed E-state index contributed by atoms with van der Waals surface area (Å²) in [5.41, 5.74) is 5.75. The van der Waals surface area contributed by atoms with Gasteiger partial charge >= 0.3 is 0 Å². The Balaban J connectivity index is 0.000000197. The van der Waals surface area contributed by atoms with E-state index in [9.17, 15) is 14.7 Å². The summed E-state index contributed by atoms with van der Waals surface area (Å²) in [6, 6.07) is 16.8. The molecule has 142 valence electrons. The summed E-state index contributed by atoms with van der Waals surface area (Å²) in [6.07, 6.45) is 3.49. The summed E-state index contributed by atoms with van der Waals surface area (Å²) < 4.78 is 0. The van der Waals surface area contributed by atoms with Gasteiger partial charge in [0.05, 0.1) is 5.97 Å². The van der Waals surface area contributed by atoms with Crippen molar-refractivity contribution >= 4 is 11.8 Å². The lowest BCUT2D eigenvalue weighted by atomic mass is 9.56. The van der Waals surface area contributed by atoms with Gasteiger partial charge in [0.15, 0.2) is 5.78 Å². The van der Waals surface area contributed by atoms with Crippen molar-refractivity contribution in [1.29, 1.82) is 0 Å². The highest BCUT2D eigenvalue weighted by atomic mass is 16.4. The number of carboxylic acid groups (broad SMARTS) is 1. The van der Waals surface area contributed by atoms with Crippen LogP contribution in [0.5, 0.6) is 0 Å². The molecular weight excluding hydrogens is 338 g/mol. The van der Waals surface area contributed by atoms with Gasteiger partial charge in [0, 0.05) is 16.5 Å². The normalized spacial score (nSPS) is 26.3. The fraction of sp³-hybridized carbons (Fsp3) is 0.391. The minimum Gasteiger partial charge on any atom is -0.545 e. The lowest BCUT2D eigenvalue weighted by molar-refractivity contribution is -0.420. The molecule has 27 heavy (non-hydrogen) atoms. The van der Waals surface area contributed by atoms with Crippen LogP contribution in [0.4, 0.5) is 0 Å². The zero-order valence-electron chi connectivity index (χ0n) is 16.0. The Labute approximate surface area is 160 Å². The first-order valence-corrected chi connectivity index (χ1v) is 9.58. The van der Waals surface area contributed by atoms with E-state index in [1.165, 1.54) is 24.1 Å². The number of fused-ring (bicyclic) bond motifs is 1. The van der Waals surface area contributed by atoms with E-state index >= 15 is 0 Å². The molecule has 0 saturated heterocycles. The van der Waals surface area contributed by atoms with Crippen LogP contribution in [0.2, 0.25) is 0 Å². The Morgan fingerprint density at radius 2 is 1.52 bits per heavy atom. The van der Waals surface area contributed by atoms with Crippen LogP contribution in [-0.2, 0) is 0 Å². The second-order valence-electron chi connectivity index (χ2n) is 8.00. The number of carbonyl (C=O) groups excluding carboxylic acids is 2. The lowest BCUT2D eigenvalue weighted by Gasteiger charge is -2.45. The largest absolute Gasteiger partial charge is 0.545 e. The summed E-state index contributed by atoms with van der Waals surface area (Å²) in [6.45, 7) is 4.16. The molecule has 2 aromatic carbocycles. The highest BCUT2D eigenvalue weighted by molar-refractivity contribution is 6.02. The van der Waals surface area contributed by atoms with E-state index < -0.39 is 5.97 Å². The van der Waals surface area contributed by atoms with Gasteiger partial charge in [-0.25, -0.2) is 0 Å². The van der Waals surface area contributed by atoms with Crippen molar-refractivity contribution in [2.45, 2.75) is 39.2 Å². The smallest absolute Gasteiger partial charge is 0.169 e. The number of aromatic carboxylic acids is 1. The van der Waals surface area contributed by atoms with Gasteiger partial charge in [0.2, 0.25) is 0 Å². The van der Waals surface area contributed by atoms with Gasteiger partial charge in [-0.3, -0.25) is 4.79 Å². The topological polar surface area (TPSA) is 84.8 Å². The average molecular weight is 365 g/mol. The second-order valence-corrected chi connectivity index (χ2v) is 8.00. The molecule has 4 atom stereocenters. The molecule has 5 rings (SSSR count). The second kappa shape index (κ2) is 7.65. The highest BCUT2D eigenvalue weighted by Crippen LogP contribution is 2.63. The number of carboxylic acids is 1. The molecule has 3 aliphatic carbocycles. The number of ketones is 1. The standard InChI is InChI=1S/C15H16O3.C8H11N/c1-15(11-6-7-12(15)8-11)13(16)9-2-4-10(5-3-9)14(17)18;1-7(9)8-5-3-2-4-6-8/h2-5,11-12H,6-8H2,1H3,(H,17,18);2-7H,9H2,1H3/t11-,12+,15?;7-/m.0/s1. The molecule has 3 fully saturated rings. The van der Waals surface area contributed by atoms with Crippen LogP contribution in [0.25, 0.3) is 0 Å². The maximum absolute atomic E-state index is 12.5. The van der Waals surface area contributed by atoms with Crippen LogP contribution in [-0.4, -0.2) is 11.8 Å². The van der Waals surface area contributed by atoms with Crippen molar-refractivity contribution in [3.8, 4) is 0 Å². The van der Waals surface area contributed by atoms with E-state index in [0.29, 0.717) is 23.4 Å². The molecule has 1 unspecified atom stereocenters. The monoisotopic (exact) mass is 365 g/mol. The van der Waals surface area contributed by atoms with E-state index in [4.69, 9.17) is 0 Å². The number of quaternary nitrogens is 1. The van der Waals surface area contributed by atoms with Gasteiger partial charge in [-0.15, -0.1) is 0 Å². The van der Waals surface area contributed by atoms with E-state index in [0.717, 1.165) is 12.8 Å². The molecule has 4 heteroatoms. The van der Waals surface area contributed by atoms with E-state index in [1.807, 2.05) is 18.2 Å². The first-order chi connectivity index (χ1) is 12.8. The molecule has 0 spiro atoms. The number of rotatable bonds is 4. The van der Waals surface area contributed by atoms with Crippen molar-refractivity contribution in [2.24, 2.45) is 17.3 Å². The minimum absolute atomic E-state index is 0.119. The maximum atomic E-state index is 12.5. The van der Waals surface area contributed by atoms with Gasteiger partial charge < -0.3 is 15.6 Å². The Hall–Kier alpha value is -2.46. The predicted octanol–water partition coefficient (Wildman–Crippen LogP) is 2.66. The van der Waals surface area contributed by atoms with Gasteiger partial charge in [-0.1, -0.05) is 61.5 Å². The molecule has 0 aliphatic heterocycles. The van der Waals surface area contributed by atoms with Crippen LogP contribution < -0.4 is 10.8 Å². The Morgan fingerprint density at radius 3 is 1.93 bits per heavy atom. The summed E-state index contributed by atoms with van der Waals surface area (Å²) >= 11 is 0. The molecule has 0 radical (unpaired) electrons. The predicted molar refractivity (Wildman–Crippen MR) is 102 cm³/mol. The van der Waals surface area contributed by atoms with Crippen molar-refractivity contribution in [2.75, 3.05) is 0 Å². The molecule has 0 heterocycles. The molecule has 3 saturated carbocycles. The third-order valence-electron chi connectivity index (χ3n) is 6.37. The number of hydrogen-bond acceptors (Lipinski definition) is 3.